The van der Waals surface area contributed by atoms with Crippen LogP contribution in [0.3, 0.4) is 0 Å². The molecule has 0 radical (unpaired) electrons. The van der Waals surface area contributed by atoms with Crippen molar-refractivity contribution in [1.82, 2.24) is 20.3 Å². The van der Waals surface area contributed by atoms with E-state index in [9.17, 15) is 4.79 Å². The molecule has 2 heterocycles. The Hall–Kier alpha value is -2.38. The van der Waals surface area contributed by atoms with Crippen molar-refractivity contribution >= 4 is 52.2 Å². The van der Waals surface area contributed by atoms with E-state index in [0.29, 0.717) is 21.1 Å². The van der Waals surface area contributed by atoms with E-state index in [1.54, 1.807) is 12.1 Å². The van der Waals surface area contributed by atoms with Crippen LogP contribution in [0.2, 0.25) is 10.0 Å². The summed E-state index contributed by atoms with van der Waals surface area (Å²) < 4.78 is 5.49. The van der Waals surface area contributed by atoms with Crippen molar-refractivity contribution in [2.45, 2.75) is 0 Å². The number of benzene rings is 1. The van der Waals surface area contributed by atoms with Crippen LogP contribution in [0.25, 0.3) is 11.1 Å². The molecule has 0 atom stereocenters. The average molecular weight is 338 g/mol. The molecule has 0 fully saturated rings. The predicted octanol–water partition coefficient (Wildman–Crippen LogP) is 3.03. The number of hydrogen-bond donors (Lipinski definition) is 2. The van der Waals surface area contributed by atoms with Gasteiger partial charge in [-0.15, -0.1) is 0 Å². The van der Waals surface area contributed by atoms with E-state index >= 15 is 0 Å². The van der Waals surface area contributed by atoms with E-state index in [0.717, 1.165) is 0 Å². The Morgan fingerprint density at radius 2 is 2.00 bits per heavy atom. The third-order valence-electron chi connectivity index (χ3n) is 2.76. The highest BCUT2D eigenvalue weighted by Gasteiger charge is 2.12. The van der Waals surface area contributed by atoms with Gasteiger partial charge in [0.05, 0.1) is 10.0 Å². The number of anilines is 2. The molecular formula is C13H9Cl2N5O2. The number of nitrogens with zero attached hydrogens (tertiary/aromatic N) is 3. The molecule has 3 aromatic rings. The van der Waals surface area contributed by atoms with Gasteiger partial charge in [0, 0.05) is 19.3 Å². The summed E-state index contributed by atoms with van der Waals surface area (Å²) in [4.78, 5) is 23.8. The number of carbonyl (C=O) groups is 1. The summed E-state index contributed by atoms with van der Waals surface area (Å²) in [6.45, 7) is 0. The third-order valence-corrected chi connectivity index (χ3v) is 3.49. The van der Waals surface area contributed by atoms with Gasteiger partial charge in [0.2, 0.25) is 5.95 Å². The lowest BCUT2D eigenvalue weighted by atomic mass is 10.3. The lowest BCUT2D eigenvalue weighted by molar-refractivity contribution is 0.0958. The van der Waals surface area contributed by atoms with E-state index in [-0.39, 0.29) is 23.6 Å². The van der Waals surface area contributed by atoms with Crippen molar-refractivity contribution in [1.29, 1.82) is 0 Å². The lowest BCUT2D eigenvalue weighted by Gasteiger charge is -2.02. The number of fused-ring (bicyclic) bond motifs is 1. The van der Waals surface area contributed by atoms with Gasteiger partial charge in [-0.3, -0.25) is 10.1 Å². The van der Waals surface area contributed by atoms with Gasteiger partial charge in [0.15, 0.2) is 5.58 Å². The molecule has 2 N–H and O–H groups in total. The zero-order valence-electron chi connectivity index (χ0n) is 11.2. The fourth-order valence-corrected chi connectivity index (χ4v) is 2.06. The maximum Gasteiger partial charge on any atom is 0.302 e. The predicted molar refractivity (Wildman–Crippen MR) is 82.7 cm³/mol. The molecule has 0 aliphatic carbocycles. The van der Waals surface area contributed by atoms with Crippen molar-refractivity contribution in [3.05, 3.63) is 40.1 Å². The summed E-state index contributed by atoms with van der Waals surface area (Å²) in [6.07, 6.45) is 1.45. The molecule has 1 amide bonds. The molecule has 0 saturated heterocycles. The molecule has 0 bridgehead atoms. The Kier molecular flexibility index (Phi) is 3.82. The van der Waals surface area contributed by atoms with Crippen LogP contribution in [0.4, 0.5) is 12.0 Å². The summed E-state index contributed by atoms with van der Waals surface area (Å²) in [6, 6.07) is 4.83. The Balaban J connectivity index is 1.91. The molecule has 9 heteroatoms. The highest BCUT2D eigenvalue weighted by Crippen LogP contribution is 2.29. The first-order chi connectivity index (χ1) is 10.6. The van der Waals surface area contributed by atoms with Gasteiger partial charge in [0.1, 0.15) is 11.2 Å². The smallest absolute Gasteiger partial charge is 0.302 e. The van der Waals surface area contributed by atoms with Crippen LogP contribution in [-0.2, 0) is 0 Å². The number of amides is 1. The largest absolute Gasteiger partial charge is 0.423 e. The van der Waals surface area contributed by atoms with Crippen LogP contribution < -0.4 is 10.6 Å². The van der Waals surface area contributed by atoms with Crippen LogP contribution in [0.5, 0.6) is 0 Å². The van der Waals surface area contributed by atoms with Crippen molar-refractivity contribution < 1.29 is 9.21 Å². The molecule has 22 heavy (non-hydrogen) atoms. The second-order valence-electron chi connectivity index (χ2n) is 4.22. The van der Waals surface area contributed by atoms with Gasteiger partial charge >= 0.3 is 6.01 Å². The molecule has 112 valence electrons. The standard InChI is InChI=1S/C13H9Cl2N5O2/c1-16-11(21)8-2-3-17-12(18-8)20-13-19-9-4-6(14)7(15)5-10(9)22-13/h2-5H,1H3,(H,16,21)(H,17,18,19,20). The molecule has 0 spiro atoms. The van der Waals surface area contributed by atoms with Crippen LogP contribution in [0.15, 0.2) is 28.8 Å². The van der Waals surface area contributed by atoms with Gasteiger partial charge < -0.3 is 9.73 Å². The summed E-state index contributed by atoms with van der Waals surface area (Å²) in [5.74, 6) is -0.133. The molecule has 0 aliphatic heterocycles. The first-order valence-electron chi connectivity index (χ1n) is 6.14. The number of oxazole rings is 1. The quantitative estimate of drug-likeness (QED) is 0.762. The summed E-state index contributed by atoms with van der Waals surface area (Å²) in [5.41, 5.74) is 1.24. The SMILES string of the molecule is CNC(=O)c1ccnc(Nc2nc3cc(Cl)c(Cl)cc3o2)n1. The summed E-state index contributed by atoms with van der Waals surface area (Å²) in [7, 11) is 1.52. The van der Waals surface area contributed by atoms with E-state index < -0.39 is 0 Å². The molecule has 7 nitrogen and oxygen atoms in total. The normalized spacial score (nSPS) is 10.7. The third kappa shape index (κ3) is 2.81. The van der Waals surface area contributed by atoms with Crippen LogP contribution >= 0.6 is 23.2 Å². The second-order valence-corrected chi connectivity index (χ2v) is 5.04. The maximum absolute atomic E-state index is 11.5. The minimum atomic E-state index is -0.318. The highest BCUT2D eigenvalue weighted by atomic mass is 35.5. The number of carbonyl (C=O) groups excluding carboxylic acids is 1. The number of nitrogens with one attached hydrogen (secondary N) is 2. The topological polar surface area (TPSA) is 92.9 Å². The minimum Gasteiger partial charge on any atom is -0.423 e. The monoisotopic (exact) mass is 337 g/mol. The number of hydrogen-bond acceptors (Lipinski definition) is 6. The maximum atomic E-state index is 11.5. The van der Waals surface area contributed by atoms with Crippen molar-refractivity contribution in [2.24, 2.45) is 0 Å². The van der Waals surface area contributed by atoms with Gasteiger partial charge in [-0.2, -0.15) is 4.98 Å². The summed E-state index contributed by atoms with van der Waals surface area (Å²) in [5, 5.41) is 6.02. The van der Waals surface area contributed by atoms with Crippen LogP contribution in [0, 0.1) is 0 Å². The molecule has 0 saturated carbocycles. The number of halogens is 2. The molecular weight excluding hydrogens is 329 g/mol. The van der Waals surface area contributed by atoms with Crippen LogP contribution in [0.1, 0.15) is 10.5 Å². The fourth-order valence-electron chi connectivity index (χ4n) is 1.75. The first kappa shape index (κ1) is 14.6. The molecule has 0 unspecified atom stereocenters. The van der Waals surface area contributed by atoms with Crippen molar-refractivity contribution in [3.8, 4) is 0 Å². The Bertz CT molecular complexity index is 826. The van der Waals surface area contributed by atoms with E-state index in [4.69, 9.17) is 27.6 Å². The van der Waals surface area contributed by atoms with E-state index in [1.807, 2.05) is 0 Å². The summed E-state index contributed by atoms with van der Waals surface area (Å²) >= 11 is 11.8. The molecule has 3 rings (SSSR count). The average Bonchev–Trinajstić information content (AvgIpc) is 2.88. The van der Waals surface area contributed by atoms with Gasteiger partial charge in [0.25, 0.3) is 5.91 Å². The molecule has 1 aromatic carbocycles. The highest BCUT2D eigenvalue weighted by molar-refractivity contribution is 6.42. The van der Waals surface area contributed by atoms with Gasteiger partial charge in [-0.05, 0) is 12.1 Å². The first-order valence-corrected chi connectivity index (χ1v) is 6.90. The van der Waals surface area contributed by atoms with Gasteiger partial charge in [-0.25, -0.2) is 9.97 Å². The Morgan fingerprint density at radius 1 is 1.23 bits per heavy atom. The van der Waals surface area contributed by atoms with Gasteiger partial charge in [-0.1, -0.05) is 23.2 Å². The fraction of sp³-hybridized carbons (Fsp3) is 0.0769. The number of rotatable bonds is 3. The molecule has 0 aliphatic rings. The minimum absolute atomic E-state index is 0.169. The zero-order chi connectivity index (χ0) is 15.7. The number of aromatic nitrogens is 3. The lowest BCUT2D eigenvalue weighted by Crippen LogP contribution is -2.19. The Labute approximate surface area is 134 Å². The zero-order valence-corrected chi connectivity index (χ0v) is 12.7. The van der Waals surface area contributed by atoms with Crippen molar-refractivity contribution in [3.63, 3.8) is 0 Å². The molecule has 2 aromatic heterocycles. The Morgan fingerprint density at radius 3 is 2.77 bits per heavy atom. The second kappa shape index (κ2) is 5.78. The van der Waals surface area contributed by atoms with Crippen molar-refractivity contribution in [2.75, 3.05) is 12.4 Å². The van der Waals surface area contributed by atoms with E-state index in [1.165, 1.54) is 19.3 Å². The van der Waals surface area contributed by atoms with E-state index in [2.05, 4.69) is 25.6 Å². The van der Waals surface area contributed by atoms with Crippen LogP contribution in [-0.4, -0.2) is 27.9 Å².